The van der Waals surface area contributed by atoms with E-state index in [4.69, 9.17) is 0 Å². The van der Waals surface area contributed by atoms with Gasteiger partial charge in [-0.2, -0.15) is 0 Å². The Labute approximate surface area is 142 Å². The van der Waals surface area contributed by atoms with Crippen LogP contribution in [0.1, 0.15) is 89.9 Å². The fourth-order valence-electron chi connectivity index (χ4n) is 4.37. The van der Waals surface area contributed by atoms with Crippen LogP contribution >= 0.6 is 0 Å². The van der Waals surface area contributed by atoms with Crippen LogP contribution in [0.2, 0.25) is 0 Å². The topological polar surface area (TPSA) is 54.4 Å². The monoisotopic (exact) mass is 342 g/mol. The number of hydrogen-bond acceptors (Lipinski definition) is 3. The Morgan fingerprint density at radius 3 is 2.04 bits per heavy atom. The predicted octanol–water partition coefficient (Wildman–Crippen LogP) is 4.54. The molecule has 2 bridgehead atoms. The van der Waals surface area contributed by atoms with E-state index in [-0.39, 0.29) is 10.5 Å². The number of aliphatic hydroxyl groups is 1. The molecule has 2 aliphatic heterocycles. The number of allylic oxidation sites excluding steroid dienone is 1. The summed E-state index contributed by atoms with van der Waals surface area (Å²) >= 11 is 0. The molecule has 2 saturated heterocycles. The minimum absolute atomic E-state index is 0.273. The van der Waals surface area contributed by atoms with Gasteiger partial charge in [0.1, 0.15) is 0 Å². The highest BCUT2D eigenvalue weighted by atomic mass is 32.2. The molecule has 2 unspecified atom stereocenters. The second kappa shape index (κ2) is 8.66. The maximum absolute atomic E-state index is 12.3. The zero-order valence-electron chi connectivity index (χ0n) is 14.5. The molecule has 134 valence electrons. The molecule has 0 aliphatic carbocycles. The van der Waals surface area contributed by atoms with Gasteiger partial charge in [0.2, 0.25) is 0 Å². The first-order chi connectivity index (χ1) is 11.0. The second-order valence-corrected chi connectivity index (χ2v) is 10.2. The number of rotatable bonds is 10. The maximum Gasteiger partial charge on any atom is 0.156 e. The largest absolute Gasteiger partial charge is 0.390 e. The molecule has 2 heterocycles. The molecular weight excluding hydrogens is 308 g/mol. The minimum Gasteiger partial charge on any atom is -0.390 e. The van der Waals surface area contributed by atoms with E-state index in [1.165, 1.54) is 32.1 Å². The van der Waals surface area contributed by atoms with Gasteiger partial charge in [-0.15, -0.1) is 6.58 Å². The van der Waals surface area contributed by atoms with E-state index >= 15 is 0 Å². The summed E-state index contributed by atoms with van der Waals surface area (Å²) in [5.41, 5.74) is -0.717. The molecular formula is C19H34O3S. The van der Waals surface area contributed by atoms with Gasteiger partial charge in [-0.25, -0.2) is 8.42 Å². The van der Waals surface area contributed by atoms with E-state index in [2.05, 4.69) is 6.58 Å². The van der Waals surface area contributed by atoms with Crippen LogP contribution in [-0.4, -0.2) is 29.6 Å². The number of unbranched alkanes of at least 4 members (excludes halogenated alkanes) is 7. The van der Waals surface area contributed by atoms with Crippen molar-refractivity contribution in [2.45, 2.75) is 106 Å². The van der Waals surface area contributed by atoms with Gasteiger partial charge in [0, 0.05) is 0 Å². The third kappa shape index (κ3) is 5.32. The molecule has 23 heavy (non-hydrogen) atoms. The van der Waals surface area contributed by atoms with Gasteiger partial charge >= 0.3 is 0 Å². The summed E-state index contributed by atoms with van der Waals surface area (Å²) in [5, 5.41) is 10.3. The van der Waals surface area contributed by atoms with Gasteiger partial charge in [0.25, 0.3) is 0 Å². The highest BCUT2D eigenvalue weighted by molar-refractivity contribution is 7.92. The van der Waals surface area contributed by atoms with E-state index < -0.39 is 15.4 Å². The van der Waals surface area contributed by atoms with Crippen molar-refractivity contribution in [2.75, 3.05) is 0 Å². The Morgan fingerprint density at radius 2 is 1.48 bits per heavy atom. The van der Waals surface area contributed by atoms with Gasteiger partial charge in [-0.3, -0.25) is 0 Å². The number of sulfone groups is 1. The number of fused-ring (bicyclic) bond motifs is 2. The lowest BCUT2D eigenvalue weighted by Crippen LogP contribution is -2.51. The molecule has 0 amide bonds. The summed E-state index contributed by atoms with van der Waals surface area (Å²) in [6.45, 7) is 3.74. The summed E-state index contributed by atoms with van der Waals surface area (Å²) in [6, 6.07) is 0. The first-order valence-corrected chi connectivity index (χ1v) is 11.1. The van der Waals surface area contributed by atoms with E-state index in [1.807, 2.05) is 6.08 Å². The molecule has 1 N–H and O–H groups in total. The van der Waals surface area contributed by atoms with Crippen molar-refractivity contribution in [1.82, 2.24) is 0 Å². The zero-order valence-corrected chi connectivity index (χ0v) is 15.3. The van der Waals surface area contributed by atoms with Gasteiger partial charge in [0.15, 0.2) is 9.84 Å². The van der Waals surface area contributed by atoms with Gasteiger partial charge in [-0.05, 0) is 44.9 Å². The first-order valence-electron chi connectivity index (χ1n) is 9.54. The smallest absolute Gasteiger partial charge is 0.156 e. The van der Waals surface area contributed by atoms with Crippen molar-refractivity contribution >= 4 is 9.84 Å². The Kier molecular flexibility index (Phi) is 7.15. The molecule has 2 aliphatic rings. The molecule has 0 spiro atoms. The van der Waals surface area contributed by atoms with E-state index in [1.54, 1.807) is 0 Å². The van der Waals surface area contributed by atoms with Crippen LogP contribution in [0.15, 0.2) is 12.7 Å². The molecule has 0 saturated carbocycles. The van der Waals surface area contributed by atoms with E-state index in [0.717, 1.165) is 44.9 Å². The van der Waals surface area contributed by atoms with Crippen molar-refractivity contribution in [1.29, 1.82) is 0 Å². The van der Waals surface area contributed by atoms with Gasteiger partial charge in [-0.1, -0.05) is 51.0 Å². The molecule has 0 radical (unpaired) electrons. The molecule has 2 fully saturated rings. The normalized spacial score (nSPS) is 32.6. The average Bonchev–Trinajstić information content (AvgIpc) is 2.48. The SMILES string of the molecule is C=CCCCCCCCCCC1(O)CC2CCCC(C1)S2(=O)=O. The molecule has 0 aromatic rings. The molecule has 2 rings (SSSR count). The van der Waals surface area contributed by atoms with Gasteiger partial charge in [0.05, 0.1) is 16.1 Å². The molecule has 0 aromatic carbocycles. The average molecular weight is 343 g/mol. The lowest BCUT2D eigenvalue weighted by Gasteiger charge is -2.44. The van der Waals surface area contributed by atoms with Gasteiger partial charge < -0.3 is 5.11 Å². The van der Waals surface area contributed by atoms with Crippen molar-refractivity contribution in [3.63, 3.8) is 0 Å². The second-order valence-electron chi connectivity index (χ2n) is 7.70. The first kappa shape index (κ1) is 19.0. The predicted molar refractivity (Wildman–Crippen MR) is 96.3 cm³/mol. The Bertz CT molecular complexity index is 449. The Hall–Kier alpha value is -0.350. The summed E-state index contributed by atoms with van der Waals surface area (Å²) in [5.74, 6) is 0. The van der Waals surface area contributed by atoms with Crippen LogP contribution in [0.4, 0.5) is 0 Å². The number of hydrogen-bond donors (Lipinski definition) is 1. The fourth-order valence-corrected chi connectivity index (χ4v) is 6.99. The van der Waals surface area contributed by atoms with Crippen molar-refractivity contribution < 1.29 is 13.5 Å². The standard InChI is InChI=1S/C19H34O3S/c1-2-3-4-5-6-7-8-9-10-14-19(20)15-17-12-11-13-18(16-19)23(17,21)22/h2,17-18,20H,1,3-16H2. The van der Waals surface area contributed by atoms with Crippen LogP contribution in [-0.2, 0) is 9.84 Å². The summed E-state index contributed by atoms with van der Waals surface area (Å²) < 4.78 is 24.6. The van der Waals surface area contributed by atoms with Crippen LogP contribution in [0.3, 0.4) is 0 Å². The third-order valence-electron chi connectivity index (χ3n) is 5.75. The van der Waals surface area contributed by atoms with Crippen LogP contribution in [0, 0.1) is 0 Å². The van der Waals surface area contributed by atoms with Crippen molar-refractivity contribution in [3.8, 4) is 0 Å². The molecule has 2 atom stereocenters. The molecule has 4 heteroatoms. The summed E-state index contributed by atoms with van der Waals surface area (Å²) in [4.78, 5) is 0. The summed E-state index contributed by atoms with van der Waals surface area (Å²) in [6.07, 6.45) is 15.9. The summed E-state index contributed by atoms with van der Waals surface area (Å²) in [7, 11) is -2.95. The lowest BCUT2D eigenvalue weighted by atomic mass is 9.82. The quantitative estimate of drug-likeness (QED) is 0.468. The van der Waals surface area contributed by atoms with Crippen molar-refractivity contribution in [3.05, 3.63) is 12.7 Å². The third-order valence-corrected chi connectivity index (χ3v) is 8.41. The lowest BCUT2D eigenvalue weighted by molar-refractivity contribution is -0.000551. The van der Waals surface area contributed by atoms with Crippen LogP contribution < -0.4 is 0 Å². The van der Waals surface area contributed by atoms with Crippen molar-refractivity contribution in [2.24, 2.45) is 0 Å². The highest BCUT2D eigenvalue weighted by Gasteiger charge is 2.49. The fraction of sp³-hybridized carbons (Fsp3) is 0.895. The Balaban J connectivity index is 1.63. The van der Waals surface area contributed by atoms with Crippen LogP contribution in [0.25, 0.3) is 0 Å². The zero-order chi connectivity index (χ0) is 16.8. The molecule has 0 aromatic heterocycles. The van der Waals surface area contributed by atoms with E-state index in [0.29, 0.717) is 12.8 Å². The minimum atomic E-state index is -2.95. The highest BCUT2D eigenvalue weighted by Crippen LogP contribution is 2.43. The molecule has 3 nitrogen and oxygen atoms in total. The maximum atomic E-state index is 12.3. The Morgan fingerprint density at radius 1 is 0.957 bits per heavy atom. The van der Waals surface area contributed by atoms with Crippen LogP contribution in [0.5, 0.6) is 0 Å². The van der Waals surface area contributed by atoms with E-state index in [9.17, 15) is 13.5 Å².